The number of hydrogen-bond acceptors (Lipinski definition) is 4. The smallest absolute Gasteiger partial charge is 0.179 e. The van der Waals surface area contributed by atoms with Gasteiger partial charge in [-0.15, -0.1) is 0 Å². The third kappa shape index (κ3) is 4.29. The lowest BCUT2D eigenvalue weighted by Crippen LogP contribution is -2.17. The molecule has 0 radical (unpaired) electrons. The molecule has 2 N–H and O–H groups in total. The highest BCUT2D eigenvalue weighted by atomic mass is 79.9. The van der Waals surface area contributed by atoms with Crippen molar-refractivity contribution in [2.24, 2.45) is 0 Å². The molecule has 17 heavy (non-hydrogen) atoms. The molecule has 0 aliphatic carbocycles. The van der Waals surface area contributed by atoms with E-state index in [9.17, 15) is 8.42 Å². The van der Waals surface area contributed by atoms with Gasteiger partial charge >= 0.3 is 0 Å². The second kappa shape index (κ2) is 5.84. The molecule has 0 atom stereocenters. The summed E-state index contributed by atoms with van der Waals surface area (Å²) in [5.41, 5.74) is 6.12. The minimum absolute atomic E-state index is 0.147. The number of sulfone groups is 1. The van der Waals surface area contributed by atoms with Crippen LogP contribution in [0.5, 0.6) is 0 Å². The largest absolute Gasteiger partial charge is 0.399 e. The highest BCUT2D eigenvalue weighted by Crippen LogP contribution is 2.25. The Morgan fingerprint density at radius 2 is 2.00 bits per heavy atom. The van der Waals surface area contributed by atoms with Crippen LogP contribution in [0.4, 0.5) is 5.69 Å². The van der Waals surface area contributed by atoms with Crippen molar-refractivity contribution >= 4 is 31.5 Å². The van der Waals surface area contributed by atoms with Crippen molar-refractivity contribution < 1.29 is 8.42 Å². The lowest BCUT2D eigenvalue weighted by atomic mass is 10.3. The van der Waals surface area contributed by atoms with E-state index in [1.165, 1.54) is 0 Å². The average molecular weight is 321 g/mol. The molecular formula is C11H17BrN2O2S. The maximum atomic E-state index is 12.1. The first-order valence-corrected chi connectivity index (χ1v) is 7.70. The van der Waals surface area contributed by atoms with Crippen LogP contribution in [0.25, 0.3) is 0 Å². The number of benzene rings is 1. The molecule has 4 nitrogen and oxygen atoms in total. The van der Waals surface area contributed by atoms with Gasteiger partial charge in [0.1, 0.15) is 0 Å². The summed E-state index contributed by atoms with van der Waals surface area (Å²) < 4.78 is 24.6. The number of halogens is 1. The van der Waals surface area contributed by atoms with Crippen molar-refractivity contribution in [3.05, 3.63) is 22.7 Å². The summed E-state index contributed by atoms with van der Waals surface area (Å²) in [6.07, 6.45) is 0.617. The molecule has 1 rings (SSSR count). The van der Waals surface area contributed by atoms with Crippen LogP contribution in [-0.4, -0.2) is 39.7 Å². The number of nitrogens with two attached hydrogens (primary N) is 1. The predicted octanol–water partition coefficient (Wildman–Crippen LogP) is 1.76. The quantitative estimate of drug-likeness (QED) is 0.840. The molecule has 0 unspecified atom stereocenters. The molecule has 1 aromatic rings. The molecule has 0 aromatic heterocycles. The summed E-state index contributed by atoms with van der Waals surface area (Å²) in [6.45, 7) is 0.756. The Labute approximate surface area is 111 Å². The average Bonchev–Trinajstić information content (AvgIpc) is 2.15. The zero-order valence-corrected chi connectivity index (χ0v) is 12.4. The van der Waals surface area contributed by atoms with Crippen LogP contribution in [0.3, 0.4) is 0 Å². The first-order chi connectivity index (χ1) is 7.83. The van der Waals surface area contributed by atoms with Gasteiger partial charge < -0.3 is 10.6 Å². The van der Waals surface area contributed by atoms with E-state index in [1.54, 1.807) is 18.2 Å². The van der Waals surface area contributed by atoms with Crippen LogP contribution in [0.1, 0.15) is 6.42 Å². The van der Waals surface area contributed by atoms with Gasteiger partial charge in [-0.25, -0.2) is 8.42 Å². The summed E-state index contributed by atoms with van der Waals surface area (Å²) >= 11 is 3.23. The normalized spacial score (nSPS) is 12.0. The third-order valence-electron chi connectivity index (χ3n) is 2.31. The van der Waals surface area contributed by atoms with Gasteiger partial charge in [-0.3, -0.25) is 0 Å². The fourth-order valence-electron chi connectivity index (χ4n) is 1.45. The van der Waals surface area contributed by atoms with Crippen LogP contribution in [-0.2, 0) is 9.84 Å². The van der Waals surface area contributed by atoms with Crippen LogP contribution in [0, 0.1) is 0 Å². The standard InChI is InChI=1S/C11H17BrN2O2S/c1-14(2)6-3-7-17(15,16)11-5-4-9(13)8-10(11)12/h4-5,8H,3,6-7,13H2,1-2H3. The summed E-state index contributed by atoms with van der Waals surface area (Å²) in [5, 5.41) is 0. The minimum atomic E-state index is -3.23. The molecule has 1 aromatic carbocycles. The third-order valence-corrected chi connectivity index (χ3v) is 5.08. The molecule has 0 aliphatic rings. The Balaban J connectivity index is 2.83. The van der Waals surface area contributed by atoms with Crippen LogP contribution in [0.2, 0.25) is 0 Å². The van der Waals surface area contributed by atoms with Gasteiger partial charge in [0, 0.05) is 10.2 Å². The van der Waals surface area contributed by atoms with Crippen molar-refractivity contribution in [2.75, 3.05) is 32.1 Å². The van der Waals surface area contributed by atoms with E-state index < -0.39 is 9.84 Å². The van der Waals surface area contributed by atoms with E-state index in [1.807, 2.05) is 19.0 Å². The molecule has 0 saturated carbocycles. The first kappa shape index (κ1) is 14.5. The molecule has 0 amide bonds. The molecular weight excluding hydrogens is 304 g/mol. The molecule has 6 heteroatoms. The number of rotatable bonds is 5. The van der Waals surface area contributed by atoms with Crippen molar-refractivity contribution in [1.29, 1.82) is 0 Å². The van der Waals surface area contributed by atoms with Gasteiger partial charge in [0.25, 0.3) is 0 Å². The fraction of sp³-hybridized carbons (Fsp3) is 0.455. The van der Waals surface area contributed by atoms with E-state index >= 15 is 0 Å². The summed E-state index contributed by atoms with van der Waals surface area (Å²) in [6, 6.07) is 4.76. The number of nitrogen functional groups attached to an aromatic ring is 1. The Kier molecular flexibility index (Phi) is 4.97. The summed E-state index contributed by atoms with van der Waals surface area (Å²) in [5.74, 6) is 0.147. The van der Waals surface area contributed by atoms with E-state index in [2.05, 4.69) is 15.9 Å². The highest BCUT2D eigenvalue weighted by Gasteiger charge is 2.17. The van der Waals surface area contributed by atoms with E-state index in [4.69, 9.17) is 5.73 Å². The Hall–Kier alpha value is -0.590. The van der Waals surface area contributed by atoms with Crippen LogP contribution >= 0.6 is 15.9 Å². The molecule has 0 spiro atoms. The number of hydrogen-bond donors (Lipinski definition) is 1. The van der Waals surface area contributed by atoms with Crippen molar-refractivity contribution in [2.45, 2.75) is 11.3 Å². The van der Waals surface area contributed by atoms with Gasteiger partial charge in [-0.05, 0) is 61.2 Å². The van der Waals surface area contributed by atoms with E-state index in [-0.39, 0.29) is 5.75 Å². The molecule has 0 fully saturated rings. The maximum absolute atomic E-state index is 12.1. The second-order valence-corrected chi connectivity index (χ2v) is 7.10. The molecule has 0 aliphatic heterocycles. The van der Waals surface area contributed by atoms with Crippen LogP contribution in [0.15, 0.2) is 27.6 Å². The predicted molar refractivity (Wildman–Crippen MR) is 73.8 cm³/mol. The topological polar surface area (TPSA) is 63.4 Å². The highest BCUT2D eigenvalue weighted by molar-refractivity contribution is 9.10. The monoisotopic (exact) mass is 320 g/mol. The molecule has 96 valence electrons. The van der Waals surface area contributed by atoms with Gasteiger partial charge in [0.15, 0.2) is 9.84 Å². The number of nitrogens with zero attached hydrogens (tertiary/aromatic N) is 1. The zero-order valence-electron chi connectivity index (χ0n) is 9.98. The second-order valence-electron chi connectivity index (χ2n) is 4.17. The Morgan fingerprint density at radius 1 is 1.35 bits per heavy atom. The zero-order chi connectivity index (χ0) is 13.1. The lowest BCUT2D eigenvalue weighted by molar-refractivity contribution is 0.408. The van der Waals surface area contributed by atoms with E-state index in [0.717, 1.165) is 6.54 Å². The lowest BCUT2D eigenvalue weighted by Gasteiger charge is -2.10. The summed E-state index contributed by atoms with van der Waals surface area (Å²) in [4.78, 5) is 2.28. The van der Waals surface area contributed by atoms with Gasteiger partial charge in [0.2, 0.25) is 0 Å². The Bertz CT molecular complexity index is 486. The molecule has 0 heterocycles. The van der Waals surface area contributed by atoms with E-state index in [0.29, 0.717) is 21.5 Å². The SMILES string of the molecule is CN(C)CCCS(=O)(=O)c1ccc(N)cc1Br. The number of anilines is 1. The van der Waals surface area contributed by atoms with Crippen molar-refractivity contribution in [1.82, 2.24) is 4.90 Å². The van der Waals surface area contributed by atoms with Crippen molar-refractivity contribution in [3.63, 3.8) is 0 Å². The Morgan fingerprint density at radius 3 is 2.53 bits per heavy atom. The van der Waals surface area contributed by atoms with Crippen LogP contribution < -0.4 is 5.73 Å². The molecule has 0 saturated heterocycles. The fourth-order valence-corrected chi connectivity index (χ4v) is 3.95. The van der Waals surface area contributed by atoms with Gasteiger partial charge in [-0.1, -0.05) is 0 Å². The van der Waals surface area contributed by atoms with Gasteiger partial charge in [-0.2, -0.15) is 0 Å². The minimum Gasteiger partial charge on any atom is -0.399 e. The van der Waals surface area contributed by atoms with Gasteiger partial charge in [0.05, 0.1) is 10.6 Å². The first-order valence-electron chi connectivity index (χ1n) is 5.25. The van der Waals surface area contributed by atoms with Crippen molar-refractivity contribution in [3.8, 4) is 0 Å². The summed E-state index contributed by atoms with van der Waals surface area (Å²) in [7, 11) is 0.612. The maximum Gasteiger partial charge on any atom is 0.179 e. The molecule has 0 bridgehead atoms.